The highest BCUT2D eigenvalue weighted by molar-refractivity contribution is 5.98. The molecule has 2 amide bonds. The second kappa shape index (κ2) is 5.87. The summed E-state index contributed by atoms with van der Waals surface area (Å²) in [6.45, 7) is 11.6. The first kappa shape index (κ1) is 16.6. The van der Waals surface area contributed by atoms with Crippen LogP contribution < -0.4 is 5.32 Å². The molecule has 3 unspecified atom stereocenters. The van der Waals surface area contributed by atoms with E-state index in [-0.39, 0.29) is 29.2 Å². The van der Waals surface area contributed by atoms with E-state index in [1.165, 1.54) is 0 Å². The van der Waals surface area contributed by atoms with Crippen molar-refractivity contribution in [2.24, 2.45) is 11.3 Å². The van der Waals surface area contributed by atoms with Gasteiger partial charge in [0.05, 0.1) is 6.04 Å². The summed E-state index contributed by atoms with van der Waals surface area (Å²) in [5.41, 5.74) is -0.333. The van der Waals surface area contributed by atoms with E-state index in [9.17, 15) is 9.59 Å². The third-order valence-corrected chi connectivity index (χ3v) is 3.77. The molecule has 0 aliphatic carbocycles. The largest absolute Gasteiger partial charge is 0.342 e. The lowest BCUT2D eigenvalue weighted by Gasteiger charge is -2.46. The van der Waals surface area contributed by atoms with E-state index < -0.39 is 12.1 Å². The van der Waals surface area contributed by atoms with Gasteiger partial charge < -0.3 is 10.2 Å². The lowest BCUT2D eigenvalue weighted by molar-refractivity contribution is -0.156. The van der Waals surface area contributed by atoms with Gasteiger partial charge >= 0.3 is 0 Å². The van der Waals surface area contributed by atoms with Gasteiger partial charge in [0.2, 0.25) is 11.8 Å². The third-order valence-electron chi connectivity index (χ3n) is 3.77. The van der Waals surface area contributed by atoms with Crippen LogP contribution >= 0.6 is 0 Å². The molecule has 4 nitrogen and oxygen atoms in total. The highest BCUT2D eigenvalue weighted by Crippen LogP contribution is 2.29. The van der Waals surface area contributed by atoms with Gasteiger partial charge in [0, 0.05) is 0 Å². The van der Waals surface area contributed by atoms with Gasteiger partial charge in [0.1, 0.15) is 12.1 Å². The van der Waals surface area contributed by atoms with Crippen LogP contribution in [0.5, 0.6) is 0 Å². The van der Waals surface area contributed by atoms with E-state index in [1.807, 2.05) is 41.5 Å². The minimum Gasteiger partial charge on any atom is -0.342 e. The molecule has 4 heteroatoms. The Bertz CT molecular complexity index is 429. The number of rotatable bonds is 3. The molecule has 3 atom stereocenters. The molecule has 1 heterocycles. The van der Waals surface area contributed by atoms with Gasteiger partial charge in [0.25, 0.3) is 0 Å². The molecule has 1 aliphatic rings. The van der Waals surface area contributed by atoms with Crippen LogP contribution in [0.3, 0.4) is 0 Å². The lowest BCUT2D eigenvalue weighted by atomic mass is 9.82. The van der Waals surface area contributed by atoms with Crippen LogP contribution in [0.2, 0.25) is 0 Å². The SMILES string of the molecule is C#CC(CC)N1C(=O)C(C(C)(C)C)NC(=O)C1C(C)C. The molecule has 0 radical (unpaired) electrons. The number of carbonyl (C=O) groups excluding carboxylic acids is 2. The zero-order chi connectivity index (χ0) is 15.7. The standard InChI is InChI=1S/C16H26N2O2/c1-8-11(9-2)18-12(10(3)4)14(19)17-13(15(18)20)16(5,6)7/h1,10-13H,9H2,2-7H3,(H,17,19). The second-order valence-corrected chi connectivity index (χ2v) is 6.83. The Kier molecular flexibility index (Phi) is 4.86. The molecule has 1 N–H and O–H groups in total. The molecule has 0 aromatic rings. The summed E-state index contributed by atoms with van der Waals surface area (Å²) in [6, 6.07) is -1.33. The Morgan fingerprint density at radius 3 is 2.25 bits per heavy atom. The van der Waals surface area contributed by atoms with Crippen molar-refractivity contribution < 1.29 is 9.59 Å². The fourth-order valence-electron chi connectivity index (χ4n) is 2.66. The van der Waals surface area contributed by atoms with Crippen molar-refractivity contribution in [1.29, 1.82) is 0 Å². The van der Waals surface area contributed by atoms with E-state index in [0.29, 0.717) is 6.42 Å². The van der Waals surface area contributed by atoms with Gasteiger partial charge in [-0.1, -0.05) is 47.5 Å². The molecule has 112 valence electrons. The van der Waals surface area contributed by atoms with Crippen LogP contribution in [0.25, 0.3) is 0 Å². The monoisotopic (exact) mass is 278 g/mol. The van der Waals surface area contributed by atoms with Crippen LogP contribution in [0, 0.1) is 23.7 Å². The Hall–Kier alpha value is -1.50. The number of carbonyl (C=O) groups is 2. The van der Waals surface area contributed by atoms with E-state index in [4.69, 9.17) is 6.42 Å². The van der Waals surface area contributed by atoms with Gasteiger partial charge in [0.15, 0.2) is 0 Å². The highest BCUT2D eigenvalue weighted by Gasteiger charge is 2.47. The molecule has 0 saturated carbocycles. The molecule has 0 bridgehead atoms. The zero-order valence-electron chi connectivity index (χ0n) is 13.4. The molecule has 1 fully saturated rings. The van der Waals surface area contributed by atoms with Crippen molar-refractivity contribution >= 4 is 11.8 Å². The molecule has 0 aromatic heterocycles. The van der Waals surface area contributed by atoms with Crippen LogP contribution in [-0.2, 0) is 9.59 Å². The molecule has 0 aromatic carbocycles. The molecule has 1 aliphatic heterocycles. The predicted molar refractivity (Wildman–Crippen MR) is 79.8 cm³/mol. The average Bonchev–Trinajstić information content (AvgIpc) is 2.32. The van der Waals surface area contributed by atoms with Crippen LogP contribution in [0.15, 0.2) is 0 Å². The Morgan fingerprint density at radius 2 is 1.90 bits per heavy atom. The number of piperazine rings is 1. The summed E-state index contributed by atoms with van der Waals surface area (Å²) in [7, 11) is 0. The minimum absolute atomic E-state index is 0.0299. The van der Waals surface area contributed by atoms with E-state index in [2.05, 4.69) is 11.2 Å². The maximum absolute atomic E-state index is 12.8. The van der Waals surface area contributed by atoms with Crippen molar-refractivity contribution in [3.8, 4) is 12.3 Å². The predicted octanol–water partition coefficient (Wildman–Crippen LogP) is 1.80. The van der Waals surface area contributed by atoms with Gasteiger partial charge in [-0.2, -0.15) is 0 Å². The van der Waals surface area contributed by atoms with Gasteiger partial charge in [-0.3, -0.25) is 9.59 Å². The van der Waals surface area contributed by atoms with E-state index in [1.54, 1.807) is 4.90 Å². The maximum atomic E-state index is 12.8. The fourth-order valence-corrected chi connectivity index (χ4v) is 2.66. The van der Waals surface area contributed by atoms with Crippen molar-refractivity contribution in [1.82, 2.24) is 10.2 Å². The van der Waals surface area contributed by atoms with Crippen LogP contribution in [0.1, 0.15) is 48.0 Å². The quantitative estimate of drug-likeness (QED) is 0.800. The first-order valence-electron chi connectivity index (χ1n) is 7.23. The van der Waals surface area contributed by atoms with E-state index in [0.717, 1.165) is 0 Å². The molecule has 0 spiro atoms. The normalized spacial score (nSPS) is 25.4. The van der Waals surface area contributed by atoms with E-state index >= 15 is 0 Å². The number of terminal acetylenes is 1. The summed E-state index contributed by atoms with van der Waals surface area (Å²) < 4.78 is 0. The lowest BCUT2D eigenvalue weighted by Crippen LogP contribution is -2.69. The zero-order valence-corrected chi connectivity index (χ0v) is 13.4. The topological polar surface area (TPSA) is 49.4 Å². The molecule has 20 heavy (non-hydrogen) atoms. The maximum Gasteiger partial charge on any atom is 0.247 e. The summed E-state index contributed by atoms with van der Waals surface area (Å²) >= 11 is 0. The molecule has 1 saturated heterocycles. The molecule has 1 rings (SSSR count). The summed E-state index contributed by atoms with van der Waals surface area (Å²) in [6.07, 6.45) is 6.21. The summed E-state index contributed by atoms with van der Waals surface area (Å²) in [5.74, 6) is 2.51. The van der Waals surface area contributed by atoms with Crippen molar-refractivity contribution in [2.45, 2.75) is 66.1 Å². The smallest absolute Gasteiger partial charge is 0.247 e. The highest BCUT2D eigenvalue weighted by atomic mass is 16.2. The van der Waals surface area contributed by atoms with Gasteiger partial charge in [-0.05, 0) is 17.8 Å². The average molecular weight is 278 g/mol. The van der Waals surface area contributed by atoms with Crippen LogP contribution in [-0.4, -0.2) is 34.8 Å². The summed E-state index contributed by atoms with van der Waals surface area (Å²) in [5, 5.41) is 2.87. The van der Waals surface area contributed by atoms with Crippen molar-refractivity contribution in [2.75, 3.05) is 0 Å². The Balaban J connectivity index is 3.25. The van der Waals surface area contributed by atoms with Crippen molar-refractivity contribution in [3.63, 3.8) is 0 Å². The number of amides is 2. The number of nitrogens with zero attached hydrogens (tertiary/aromatic N) is 1. The van der Waals surface area contributed by atoms with Gasteiger partial charge in [-0.25, -0.2) is 0 Å². The Labute approximate surface area is 122 Å². The second-order valence-electron chi connectivity index (χ2n) is 6.83. The minimum atomic E-state index is -0.521. The summed E-state index contributed by atoms with van der Waals surface area (Å²) in [4.78, 5) is 26.8. The van der Waals surface area contributed by atoms with Crippen LogP contribution in [0.4, 0.5) is 0 Å². The molecular weight excluding hydrogens is 252 g/mol. The first-order chi connectivity index (χ1) is 9.15. The Morgan fingerprint density at radius 1 is 1.35 bits per heavy atom. The van der Waals surface area contributed by atoms with Gasteiger partial charge in [-0.15, -0.1) is 6.42 Å². The number of hydrogen-bond donors (Lipinski definition) is 1. The fraction of sp³-hybridized carbons (Fsp3) is 0.750. The van der Waals surface area contributed by atoms with Crippen molar-refractivity contribution in [3.05, 3.63) is 0 Å². The molecular formula is C16H26N2O2. The number of nitrogens with one attached hydrogen (secondary N) is 1. The number of hydrogen-bond acceptors (Lipinski definition) is 2. The third kappa shape index (κ3) is 2.98. The first-order valence-corrected chi connectivity index (χ1v) is 7.23.